The second-order valence-corrected chi connectivity index (χ2v) is 8.74. The van der Waals surface area contributed by atoms with Gasteiger partial charge in [-0.15, -0.1) is 0 Å². The molecule has 4 aliphatic rings. The number of hydrogen-bond donors (Lipinski definition) is 2. The van der Waals surface area contributed by atoms with Crippen molar-refractivity contribution in [1.82, 2.24) is 0 Å². The third-order valence-corrected chi connectivity index (χ3v) is 8.10. The van der Waals surface area contributed by atoms with Crippen LogP contribution in [-0.4, -0.2) is 27.7 Å². The van der Waals surface area contributed by atoms with Crippen LogP contribution < -0.4 is 0 Å². The van der Waals surface area contributed by atoms with Crippen molar-refractivity contribution in [3.63, 3.8) is 0 Å². The van der Waals surface area contributed by atoms with Crippen LogP contribution in [0.15, 0.2) is 11.6 Å². The van der Waals surface area contributed by atoms with E-state index in [0.29, 0.717) is 12.3 Å². The fourth-order valence-corrected chi connectivity index (χ4v) is 6.47. The Hall–Kier alpha value is -0.670. The van der Waals surface area contributed by atoms with E-state index in [1.165, 1.54) is 5.57 Å². The highest BCUT2D eigenvalue weighted by atomic mass is 16.3. The number of aliphatic hydroxyl groups excluding tert-OH is 1. The van der Waals surface area contributed by atoms with Gasteiger partial charge in [0.15, 0.2) is 5.78 Å². The van der Waals surface area contributed by atoms with Gasteiger partial charge in [-0.25, -0.2) is 0 Å². The molecule has 2 N–H and O–H groups in total. The number of ketones is 1. The maximum absolute atomic E-state index is 11.8. The number of carbonyl (C=O) groups is 1. The molecule has 122 valence electrons. The Balaban J connectivity index is 1.76. The molecule has 6 atom stereocenters. The molecule has 3 heteroatoms. The lowest BCUT2D eigenvalue weighted by atomic mass is 9.45. The molecule has 0 aromatic carbocycles. The average Bonchev–Trinajstić information content (AvgIpc) is 2.77. The van der Waals surface area contributed by atoms with Crippen LogP contribution in [0.5, 0.6) is 0 Å². The van der Waals surface area contributed by atoms with Crippen LogP contribution in [0.3, 0.4) is 0 Å². The zero-order valence-electron chi connectivity index (χ0n) is 13.8. The predicted octanol–water partition coefficient (Wildman–Crippen LogP) is 2.99. The van der Waals surface area contributed by atoms with Crippen LogP contribution in [0.4, 0.5) is 0 Å². The van der Waals surface area contributed by atoms with E-state index in [9.17, 15) is 15.0 Å². The van der Waals surface area contributed by atoms with Crippen molar-refractivity contribution < 1.29 is 15.0 Å². The van der Waals surface area contributed by atoms with E-state index in [-0.39, 0.29) is 28.6 Å². The van der Waals surface area contributed by atoms with E-state index < -0.39 is 5.60 Å². The molecule has 0 radical (unpaired) electrons. The smallest absolute Gasteiger partial charge is 0.155 e. The second-order valence-electron chi connectivity index (χ2n) is 8.74. The summed E-state index contributed by atoms with van der Waals surface area (Å²) in [5.74, 6) is 0.933. The zero-order chi connectivity index (χ0) is 15.8. The molecule has 4 aliphatic carbocycles. The van der Waals surface area contributed by atoms with Crippen molar-refractivity contribution in [2.45, 2.75) is 76.9 Å². The molecule has 3 fully saturated rings. The Morgan fingerprint density at radius 1 is 1.05 bits per heavy atom. The summed E-state index contributed by atoms with van der Waals surface area (Å²) in [5.41, 5.74) is 0.244. The summed E-state index contributed by atoms with van der Waals surface area (Å²) >= 11 is 0. The highest BCUT2D eigenvalue weighted by molar-refractivity contribution is 5.91. The predicted molar refractivity (Wildman–Crippen MR) is 84.2 cm³/mol. The molecule has 3 saturated carbocycles. The third kappa shape index (κ3) is 1.62. The molecule has 0 spiro atoms. The van der Waals surface area contributed by atoms with Gasteiger partial charge in [0, 0.05) is 11.8 Å². The Morgan fingerprint density at radius 3 is 2.59 bits per heavy atom. The van der Waals surface area contributed by atoms with E-state index in [0.717, 1.165) is 44.9 Å². The zero-order valence-corrected chi connectivity index (χ0v) is 13.8. The Kier molecular flexibility index (Phi) is 3.01. The molecule has 0 heterocycles. The van der Waals surface area contributed by atoms with E-state index in [4.69, 9.17) is 0 Å². The Labute approximate surface area is 132 Å². The van der Waals surface area contributed by atoms with Gasteiger partial charge >= 0.3 is 0 Å². The minimum Gasteiger partial charge on any atom is -0.393 e. The minimum atomic E-state index is -0.688. The van der Waals surface area contributed by atoms with Gasteiger partial charge in [0.2, 0.25) is 0 Å². The average molecular weight is 304 g/mol. The van der Waals surface area contributed by atoms with Crippen LogP contribution in [-0.2, 0) is 4.79 Å². The third-order valence-electron chi connectivity index (χ3n) is 8.10. The van der Waals surface area contributed by atoms with Crippen molar-refractivity contribution in [1.29, 1.82) is 0 Å². The summed E-state index contributed by atoms with van der Waals surface area (Å²) in [6, 6.07) is 0. The standard InChI is InChI=1S/C19H28O3/c1-17-9-10-19(22)15(14(17)5-6-16(17)21)4-3-12-11-13(20)7-8-18(12,19)2/h11,14-16,21-22H,3-10H2,1-2H3/t14-,15-,16?,17-,18-,19+/m0/s1. The van der Waals surface area contributed by atoms with Crippen LogP contribution in [0, 0.1) is 22.7 Å². The molecular weight excluding hydrogens is 276 g/mol. The van der Waals surface area contributed by atoms with Gasteiger partial charge in [0.25, 0.3) is 0 Å². The van der Waals surface area contributed by atoms with Crippen molar-refractivity contribution in [2.24, 2.45) is 22.7 Å². The monoisotopic (exact) mass is 304 g/mol. The quantitative estimate of drug-likeness (QED) is 0.723. The molecule has 0 aliphatic heterocycles. The van der Waals surface area contributed by atoms with Crippen molar-refractivity contribution in [3.8, 4) is 0 Å². The summed E-state index contributed by atoms with van der Waals surface area (Å²) in [6.07, 6.45) is 8.48. The molecule has 4 rings (SSSR count). The van der Waals surface area contributed by atoms with Gasteiger partial charge in [0.05, 0.1) is 11.7 Å². The normalized spacial score (nSPS) is 54.3. The number of aliphatic hydroxyl groups is 2. The first kappa shape index (κ1) is 14.9. The Bertz CT molecular complexity index is 553. The molecule has 1 unspecified atom stereocenters. The number of fused-ring (bicyclic) bond motifs is 5. The van der Waals surface area contributed by atoms with E-state index in [2.05, 4.69) is 13.8 Å². The lowest BCUT2D eigenvalue weighted by Gasteiger charge is -2.62. The number of carbonyl (C=O) groups excluding carboxylic acids is 1. The first-order valence-corrected chi connectivity index (χ1v) is 8.96. The van der Waals surface area contributed by atoms with Crippen molar-refractivity contribution in [3.05, 3.63) is 11.6 Å². The highest BCUT2D eigenvalue weighted by Crippen LogP contribution is 2.66. The summed E-state index contributed by atoms with van der Waals surface area (Å²) in [4.78, 5) is 11.8. The molecular formula is C19H28O3. The molecule has 0 amide bonds. The summed E-state index contributed by atoms with van der Waals surface area (Å²) in [7, 11) is 0. The summed E-state index contributed by atoms with van der Waals surface area (Å²) in [6.45, 7) is 4.42. The van der Waals surface area contributed by atoms with Crippen LogP contribution in [0.2, 0.25) is 0 Å². The van der Waals surface area contributed by atoms with E-state index in [1.54, 1.807) is 0 Å². The van der Waals surface area contributed by atoms with Gasteiger partial charge in [-0.3, -0.25) is 4.79 Å². The minimum absolute atomic E-state index is 0.0149. The maximum Gasteiger partial charge on any atom is 0.155 e. The fourth-order valence-electron chi connectivity index (χ4n) is 6.47. The summed E-state index contributed by atoms with van der Waals surface area (Å²) < 4.78 is 0. The number of hydrogen-bond acceptors (Lipinski definition) is 3. The Morgan fingerprint density at radius 2 is 1.82 bits per heavy atom. The van der Waals surface area contributed by atoms with Gasteiger partial charge in [-0.1, -0.05) is 19.4 Å². The summed E-state index contributed by atoms with van der Waals surface area (Å²) in [5, 5.41) is 22.2. The van der Waals surface area contributed by atoms with Gasteiger partial charge in [0.1, 0.15) is 0 Å². The van der Waals surface area contributed by atoms with Crippen molar-refractivity contribution >= 4 is 5.78 Å². The second kappa shape index (κ2) is 4.45. The highest BCUT2D eigenvalue weighted by Gasteiger charge is 2.65. The van der Waals surface area contributed by atoms with Crippen LogP contribution in [0.25, 0.3) is 0 Å². The molecule has 22 heavy (non-hydrogen) atoms. The molecule has 0 aromatic rings. The molecule has 3 nitrogen and oxygen atoms in total. The van der Waals surface area contributed by atoms with Gasteiger partial charge in [-0.2, -0.15) is 0 Å². The van der Waals surface area contributed by atoms with Crippen LogP contribution in [0.1, 0.15) is 65.2 Å². The molecule has 0 saturated heterocycles. The lowest BCUT2D eigenvalue weighted by molar-refractivity contribution is -0.196. The van der Waals surface area contributed by atoms with Crippen LogP contribution >= 0.6 is 0 Å². The first-order chi connectivity index (χ1) is 10.3. The fraction of sp³-hybridized carbons (Fsp3) is 0.842. The largest absolute Gasteiger partial charge is 0.393 e. The van der Waals surface area contributed by atoms with E-state index in [1.807, 2.05) is 6.08 Å². The van der Waals surface area contributed by atoms with E-state index >= 15 is 0 Å². The number of rotatable bonds is 0. The maximum atomic E-state index is 11.8. The molecule has 0 bridgehead atoms. The topological polar surface area (TPSA) is 57.5 Å². The lowest BCUT2D eigenvalue weighted by Crippen LogP contribution is -2.63. The van der Waals surface area contributed by atoms with Crippen molar-refractivity contribution in [2.75, 3.05) is 0 Å². The van der Waals surface area contributed by atoms with Gasteiger partial charge < -0.3 is 10.2 Å². The molecule has 0 aromatic heterocycles. The SMILES string of the molecule is C[C@]12CCC(=O)C=C1CC[C@H]1[C@@H]3CCC(O)[C@@]3(C)CC[C@@]12O. The first-order valence-electron chi connectivity index (χ1n) is 8.96. The van der Waals surface area contributed by atoms with Gasteiger partial charge in [-0.05, 0) is 68.3 Å².